The second-order valence-corrected chi connectivity index (χ2v) is 3.27. The van der Waals surface area contributed by atoms with Crippen LogP contribution in [0, 0.1) is 0 Å². The predicted molar refractivity (Wildman–Crippen MR) is 57.8 cm³/mol. The first-order chi connectivity index (χ1) is 7.22. The predicted octanol–water partition coefficient (Wildman–Crippen LogP) is 1.54. The van der Waals surface area contributed by atoms with Crippen molar-refractivity contribution in [1.29, 1.82) is 0 Å². The van der Waals surface area contributed by atoms with Crippen molar-refractivity contribution in [3.8, 4) is 0 Å². The molecule has 1 rings (SSSR count). The van der Waals surface area contributed by atoms with Gasteiger partial charge < -0.3 is 10.5 Å². The Morgan fingerprint density at radius 1 is 1.40 bits per heavy atom. The Kier molecular flexibility index (Phi) is 4.34. The highest BCUT2D eigenvalue weighted by Crippen LogP contribution is 1.97. The summed E-state index contributed by atoms with van der Waals surface area (Å²) in [5.41, 5.74) is 1.45. The van der Waals surface area contributed by atoms with Crippen molar-refractivity contribution in [3.63, 3.8) is 0 Å². The molecule has 0 aliphatic rings. The first kappa shape index (κ1) is 11.2. The lowest BCUT2D eigenvalue weighted by molar-refractivity contribution is -0.120. The van der Waals surface area contributed by atoms with Crippen LogP contribution in [0.15, 0.2) is 35.5 Å². The quantitative estimate of drug-likeness (QED) is 0.446. The zero-order valence-electron chi connectivity index (χ0n) is 8.60. The Morgan fingerprint density at radius 3 is 2.67 bits per heavy atom. The second-order valence-electron chi connectivity index (χ2n) is 3.27. The van der Waals surface area contributed by atoms with Gasteiger partial charge in [0.1, 0.15) is 0 Å². The molecular weight excluding hydrogens is 192 g/mol. The van der Waals surface area contributed by atoms with Gasteiger partial charge in [0.05, 0.1) is 12.1 Å². The summed E-state index contributed by atoms with van der Waals surface area (Å²) in [5.74, 6) is -0.144. The van der Waals surface area contributed by atoms with Gasteiger partial charge in [-0.1, -0.05) is 35.5 Å². The van der Waals surface area contributed by atoms with Gasteiger partial charge in [0.2, 0.25) is 5.91 Å². The van der Waals surface area contributed by atoms with Gasteiger partial charge in [0.15, 0.2) is 0 Å². The third kappa shape index (κ3) is 4.26. The Balaban J connectivity index is 2.35. The maximum Gasteiger partial charge on any atom is 0.226 e. The van der Waals surface area contributed by atoms with Crippen molar-refractivity contribution >= 4 is 11.6 Å². The lowest BCUT2D eigenvalue weighted by Gasteiger charge is -2.04. The lowest BCUT2D eigenvalue weighted by atomic mass is 10.2. The molecule has 80 valence electrons. The number of rotatable bonds is 4. The highest BCUT2D eigenvalue weighted by Gasteiger charge is 2.03. The number of hydrogen-bond donors (Lipinski definition) is 2. The molecule has 0 unspecified atom stereocenters. The summed E-state index contributed by atoms with van der Waals surface area (Å²) in [6.45, 7) is 2.10. The van der Waals surface area contributed by atoms with Gasteiger partial charge in [0, 0.05) is 6.54 Å². The fourth-order valence-electron chi connectivity index (χ4n) is 1.13. The summed E-state index contributed by atoms with van der Waals surface area (Å²) < 4.78 is 0. The van der Waals surface area contributed by atoms with Crippen LogP contribution in [0.4, 0.5) is 0 Å². The van der Waals surface area contributed by atoms with Crippen molar-refractivity contribution in [2.45, 2.75) is 19.9 Å². The molecule has 0 saturated heterocycles. The van der Waals surface area contributed by atoms with Gasteiger partial charge in [-0.15, -0.1) is 0 Å². The number of carbonyl (C=O) groups is 1. The maximum absolute atomic E-state index is 11.3. The molecule has 15 heavy (non-hydrogen) atoms. The molecule has 0 spiro atoms. The molecule has 0 atom stereocenters. The number of nitrogens with zero attached hydrogens (tertiary/aromatic N) is 1. The van der Waals surface area contributed by atoms with E-state index < -0.39 is 0 Å². The summed E-state index contributed by atoms with van der Waals surface area (Å²) in [4.78, 5) is 11.3. The van der Waals surface area contributed by atoms with Crippen LogP contribution >= 0.6 is 0 Å². The standard InChI is InChI=1S/C11H14N2O2/c1-9(13-15)7-11(14)12-8-10-5-3-2-4-6-10/h2-6,15H,7-8H2,1H3,(H,12,14)/b13-9-. The molecule has 0 aromatic heterocycles. The van der Waals surface area contributed by atoms with E-state index in [1.54, 1.807) is 6.92 Å². The molecular formula is C11H14N2O2. The zero-order valence-corrected chi connectivity index (χ0v) is 8.60. The van der Waals surface area contributed by atoms with Gasteiger partial charge in [0.25, 0.3) is 0 Å². The Morgan fingerprint density at radius 2 is 2.07 bits per heavy atom. The molecule has 4 heteroatoms. The molecule has 0 aliphatic heterocycles. The van der Waals surface area contributed by atoms with Crippen LogP contribution in [-0.2, 0) is 11.3 Å². The minimum Gasteiger partial charge on any atom is -0.411 e. The number of hydrogen-bond acceptors (Lipinski definition) is 3. The Hall–Kier alpha value is -1.84. The minimum atomic E-state index is -0.144. The van der Waals surface area contributed by atoms with Crippen molar-refractivity contribution in [3.05, 3.63) is 35.9 Å². The van der Waals surface area contributed by atoms with E-state index in [4.69, 9.17) is 5.21 Å². The van der Waals surface area contributed by atoms with Gasteiger partial charge >= 0.3 is 0 Å². The fraction of sp³-hybridized carbons (Fsp3) is 0.273. The van der Waals surface area contributed by atoms with Gasteiger partial charge in [-0.05, 0) is 12.5 Å². The number of carbonyl (C=O) groups excluding carboxylic acids is 1. The van der Waals surface area contributed by atoms with Crippen LogP contribution < -0.4 is 5.32 Å². The van der Waals surface area contributed by atoms with Crippen LogP contribution in [0.25, 0.3) is 0 Å². The molecule has 1 amide bonds. The van der Waals surface area contributed by atoms with E-state index in [0.717, 1.165) is 5.56 Å². The third-order valence-electron chi connectivity index (χ3n) is 1.92. The van der Waals surface area contributed by atoms with E-state index in [1.165, 1.54) is 0 Å². The Labute approximate surface area is 88.6 Å². The number of oxime groups is 1. The molecule has 1 aromatic carbocycles. The lowest BCUT2D eigenvalue weighted by Crippen LogP contribution is -2.24. The normalized spacial score (nSPS) is 11.1. The van der Waals surface area contributed by atoms with Crippen molar-refractivity contribution in [1.82, 2.24) is 5.32 Å². The summed E-state index contributed by atoms with van der Waals surface area (Å²) >= 11 is 0. The highest BCUT2D eigenvalue weighted by molar-refractivity contribution is 5.99. The van der Waals surface area contributed by atoms with E-state index in [0.29, 0.717) is 12.3 Å². The van der Waals surface area contributed by atoms with Crippen molar-refractivity contribution < 1.29 is 10.0 Å². The van der Waals surface area contributed by atoms with Crippen molar-refractivity contribution in [2.24, 2.45) is 5.16 Å². The van der Waals surface area contributed by atoms with Gasteiger partial charge in [-0.2, -0.15) is 0 Å². The van der Waals surface area contributed by atoms with Crippen LogP contribution in [0.3, 0.4) is 0 Å². The van der Waals surface area contributed by atoms with Crippen LogP contribution in [-0.4, -0.2) is 16.8 Å². The zero-order chi connectivity index (χ0) is 11.1. The fourth-order valence-corrected chi connectivity index (χ4v) is 1.13. The smallest absolute Gasteiger partial charge is 0.226 e. The summed E-state index contributed by atoms with van der Waals surface area (Å²) in [5, 5.41) is 14.0. The van der Waals surface area contributed by atoms with Gasteiger partial charge in [-0.3, -0.25) is 4.79 Å². The first-order valence-corrected chi connectivity index (χ1v) is 4.70. The first-order valence-electron chi connectivity index (χ1n) is 4.70. The van der Waals surface area contributed by atoms with E-state index in [-0.39, 0.29) is 12.3 Å². The number of benzene rings is 1. The molecule has 0 bridgehead atoms. The SMILES string of the molecule is C/C(CC(=O)NCc1ccccc1)=N/O. The molecule has 0 fully saturated rings. The largest absolute Gasteiger partial charge is 0.411 e. The second kappa shape index (κ2) is 5.80. The average molecular weight is 206 g/mol. The average Bonchev–Trinajstić information content (AvgIpc) is 2.27. The molecule has 4 nitrogen and oxygen atoms in total. The van der Waals surface area contributed by atoms with Gasteiger partial charge in [-0.25, -0.2) is 0 Å². The summed E-state index contributed by atoms with van der Waals surface area (Å²) in [7, 11) is 0. The third-order valence-corrected chi connectivity index (χ3v) is 1.92. The number of nitrogens with one attached hydrogen (secondary N) is 1. The van der Waals surface area contributed by atoms with E-state index in [9.17, 15) is 4.79 Å². The summed E-state index contributed by atoms with van der Waals surface area (Å²) in [6.07, 6.45) is 0.128. The molecule has 0 saturated carbocycles. The topological polar surface area (TPSA) is 61.7 Å². The van der Waals surface area contributed by atoms with Crippen LogP contribution in [0.5, 0.6) is 0 Å². The summed E-state index contributed by atoms with van der Waals surface area (Å²) in [6, 6.07) is 9.64. The molecule has 0 radical (unpaired) electrons. The van der Waals surface area contributed by atoms with Crippen molar-refractivity contribution in [2.75, 3.05) is 0 Å². The van der Waals surface area contributed by atoms with E-state index in [2.05, 4.69) is 10.5 Å². The molecule has 1 aromatic rings. The monoisotopic (exact) mass is 206 g/mol. The maximum atomic E-state index is 11.3. The highest BCUT2D eigenvalue weighted by atomic mass is 16.4. The van der Waals surface area contributed by atoms with Crippen LogP contribution in [0.1, 0.15) is 18.9 Å². The van der Waals surface area contributed by atoms with Crippen LogP contribution in [0.2, 0.25) is 0 Å². The molecule has 0 aliphatic carbocycles. The Bertz CT molecular complexity index is 347. The van der Waals surface area contributed by atoms with E-state index in [1.807, 2.05) is 30.3 Å². The van der Waals surface area contributed by atoms with E-state index >= 15 is 0 Å². The minimum absolute atomic E-state index is 0.128. The number of amides is 1. The molecule has 2 N–H and O–H groups in total. The molecule has 0 heterocycles.